The van der Waals surface area contributed by atoms with Crippen LogP contribution in [0, 0.1) is 6.92 Å². The van der Waals surface area contributed by atoms with E-state index < -0.39 is 0 Å². The van der Waals surface area contributed by atoms with Crippen molar-refractivity contribution in [2.75, 3.05) is 13.7 Å². The lowest BCUT2D eigenvalue weighted by Gasteiger charge is -2.20. The average molecular weight is 407 g/mol. The highest BCUT2D eigenvalue weighted by atomic mass is 35.5. The zero-order chi connectivity index (χ0) is 19.9. The summed E-state index contributed by atoms with van der Waals surface area (Å²) in [6.45, 7) is 9.36. The number of halogens is 1. The van der Waals surface area contributed by atoms with E-state index >= 15 is 0 Å². The van der Waals surface area contributed by atoms with Gasteiger partial charge in [-0.05, 0) is 51.0 Å². The van der Waals surface area contributed by atoms with E-state index in [1.807, 2.05) is 39.0 Å². The van der Waals surface area contributed by atoms with Crippen molar-refractivity contribution in [1.29, 1.82) is 0 Å². The van der Waals surface area contributed by atoms with Gasteiger partial charge in [0.05, 0.1) is 7.11 Å². The van der Waals surface area contributed by atoms with E-state index in [4.69, 9.17) is 9.47 Å². The molecule has 0 unspecified atom stereocenters. The number of methoxy groups -OCH3 is 1. The fraction of sp³-hybridized carbons (Fsp3) is 0.409. The second-order valence-electron chi connectivity index (χ2n) is 7.66. The molecule has 2 aromatic rings. The third kappa shape index (κ3) is 8.19. The largest absolute Gasteiger partial charge is 0.493 e. The number of aryl methyl sites for hydroxylation is 1. The maximum absolute atomic E-state index is 11.9. The Morgan fingerprint density at radius 1 is 0.964 bits per heavy atom. The summed E-state index contributed by atoms with van der Waals surface area (Å²) < 4.78 is 11.0. The van der Waals surface area contributed by atoms with Crippen LogP contribution in [0.2, 0.25) is 0 Å². The Labute approximate surface area is 174 Å². The third-order valence-corrected chi connectivity index (χ3v) is 3.88. The van der Waals surface area contributed by atoms with Crippen LogP contribution in [0.3, 0.4) is 0 Å². The second kappa shape index (κ2) is 10.9. The number of benzene rings is 2. The van der Waals surface area contributed by atoms with Gasteiger partial charge in [-0.3, -0.25) is 4.79 Å². The molecule has 2 N–H and O–H groups in total. The number of rotatable bonds is 8. The van der Waals surface area contributed by atoms with Crippen LogP contribution in [0.15, 0.2) is 42.5 Å². The zero-order valence-corrected chi connectivity index (χ0v) is 18.1. The molecular formula is C22H31ClN2O3. The van der Waals surface area contributed by atoms with Crippen LogP contribution in [-0.2, 0) is 17.9 Å². The molecule has 2 aromatic carbocycles. The standard InChI is InChI=1S/C22H30N2O3.ClH/c1-16-6-8-17(9-7-16)13-23-14-18-10-11-19(20(12-18)26-5)27-15-21(25)24-22(2,3)4;/h6-12,23H,13-15H2,1-5H3,(H,24,25);1H. The first-order valence-electron chi connectivity index (χ1n) is 9.14. The number of ether oxygens (including phenoxy) is 2. The van der Waals surface area contributed by atoms with Gasteiger partial charge in [0.2, 0.25) is 0 Å². The lowest BCUT2D eigenvalue weighted by atomic mass is 10.1. The molecule has 28 heavy (non-hydrogen) atoms. The minimum Gasteiger partial charge on any atom is -0.493 e. The number of hydrogen-bond acceptors (Lipinski definition) is 4. The molecule has 2 rings (SSSR count). The highest BCUT2D eigenvalue weighted by molar-refractivity contribution is 5.85. The van der Waals surface area contributed by atoms with Gasteiger partial charge in [-0.25, -0.2) is 0 Å². The maximum Gasteiger partial charge on any atom is 0.258 e. The number of carbonyl (C=O) groups excluding carboxylic acids is 1. The molecule has 0 aliphatic heterocycles. The lowest BCUT2D eigenvalue weighted by Crippen LogP contribution is -2.43. The SMILES string of the molecule is COc1cc(CNCc2ccc(C)cc2)ccc1OCC(=O)NC(C)(C)C.Cl. The summed E-state index contributed by atoms with van der Waals surface area (Å²) in [4.78, 5) is 11.9. The molecule has 1 amide bonds. The van der Waals surface area contributed by atoms with E-state index in [0.29, 0.717) is 11.5 Å². The molecule has 0 saturated heterocycles. The number of nitrogens with one attached hydrogen (secondary N) is 2. The summed E-state index contributed by atoms with van der Waals surface area (Å²) >= 11 is 0. The van der Waals surface area contributed by atoms with Gasteiger partial charge >= 0.3 is 0 Å². The molecule has 0 aliphatic carbocycles. The predicted molar refractivity (Wildman–Crippen MR) is 115 cm³/mol. The van der Waals surface area contributed by atoms with Gasteiger partial charge in [-0.15, -0.1) is 12.4 Å². The minimum absolute atomic E-state index is 0. The zero-order valence-electron chi connectivity index (χ0n) is 17.3. The van der Waals surface area contributed by atoms with Crippen molar-refractivity contribution in [2.45, 2.75) is 46.3 Å². The molecular weight excluding hydrogens is 376 g/mol. The second-order valence-corrected chi connectivity index (χ2v) is 7.66. The fourth-order valence-electron chi connectivity index (χ4n) is 2.60. The third-order valence-electron chi connectivity index (χ3n) is 3.88. The van der Waals surface area contributed by atoms with Crippen LogP contribution >= 0.6 is 12.4 Å². The van der Waals surface area contributed by atoms with Crippen molar-refractivity contribution in [3.8, 4) is 11.5 Å². The van der Waals surface area contributed by atoms with Crippen molar-refractivity contribution in [3.05, 3.63) is 59.2 Å². The highest BCUT2D eigenvalue weighted by Crippen LogP contribution is 2.28. The number of carbonyl (C=O) groups is 1. The molecule has 0 atom stereocenters. The van der Waals surface area contributed by atoms with Crippen LogP contribution < -0.4 is 20.1 Å². The molecule has 154 valence electrons. The van der Waals surface area contributed by atoms with Crippen LogP contribution in [0.25, 0.3) is 0 Å². The van der Waals surface area contributed by atoms with E-state index in [9.17, 15) is 4.79 Å². The molecule has 0 spiro atoms. The maximum atomic E-state index is 11.9. The summed E-state index contributed by atoms with van der Waals surface area (Å²) in [7, 11) is 1.60. The Bertz CT molecular complexity index is 755. The first-order valence-corrected chi connectivity index (χ1v) is 9.14. The van der Waals surface area contributed by atoms with E-state index in [1.165, 1.54) is 11.1 Å². The Balaban J connectivity index is 0.00000392. The molecule has 0 aromatic heterocycles. The summed E-state index contributed by atoms with van der Waals surface area (Å²) in [5.74, 6) is 1.02. The molecule has 0 saturated carbocycles. The Morgan fingerprint density at radius 2 is 1.57 bits per heavy atom. The average Bonchev–Trinajstić information content (AvgIpc) is 2.60. The number of hydrogen-bond donors (Lipinski definition) is 2. The van der Waals surface area contributed by atoms with E-state index in [0.717, 1.165) is 18.7 Å². The van der Waals surface area contributed by atoms with Crippen LogP contribution in [0.1, 0.15) is 37.5 Å². The van der Waals surface area contributed by atoms with Gasteiger partial charge in [0.15, 0.2) is 18.1 Å². The van der Waals surface area contributed by atoms with Gasteiger partial charge in [0.25, 0.3) is 5.91 Å². The van der Waals surface area contributed by atoms with Gasteiger partial charge in [-0.2, -0.15) is 0 Å². The van der Waals surface area contributed by atoms with Gasteiger partial charge in [-0.1, -0.05) is 35.9 Å². The molecule has 5 nitrogen and oxygen atoms in total. The first kappa shape index (κ1) is 23.8. The van der Waals surface area contributed by atoms with Crippen LogP contribution in [0.5, 0.6) is 11.5 Å². The van der Waals surface area contributed by atoms with Crippen molar-refractivity contribution in [1.82, 2.24) is 10.6 Å². The van der Waals surface area contributed by atoms with Crippen LogP contribution in [0.4, 0.5) is 0 Å². The number of amides is 1. The molecule has 0 heterocycles. The van der Waals surface area contributed by atoms with Gasteiger partial charge in [0, 0.05) is 18.6 Å². The van der Waals surface area contributed by atoms with Gasteiger partial charge < -0.3 is 20.1 Å². The summed E-state index contributed by atoms with van der Waals surface area (Å²) in [5.41, 5.74) is 3.32. The predicted octanol–water partition coefficient (Wildman–Crippen LogP) is 4.01. The Kier molecular flexibility index (Phi) is 9.29. The van der Waals surface area contributed by atoms with E-state index in [-0.39, 0.29) is 30.5 Å². The summed E-state index contributed by atoms with van der Waals surface area (Å²) in [6, 6.07) is 14.2. The van der Waals surface area contributed by atoms with Crippen molar-refractivity contribution in [3.63, 3.8) is 0 Å². The fourth-order valence-corrected chi connectivity index (χ4v) is 2.60. The van der Waals surface area contributed by atoms with E-state index in [2.05, 4.69) is 41.8 Å². The minimum atomic E-state index is -0.280. The smallest absolute Gasteiger partial charge is 0.258 e. The molecule has 0 bridgehead atoms. The topological polar surface area (TPSA) is 59.6 Å². The van der Waals surface area contributed by atoms with Gasteiger partial charge in [0.1, 0.15) is 0 Å². The van der Waals surface area contributed by atoms with Crippen LogP contribution in [-0.4, -0.2) is 25.2 Å². The monoisotopic (exact) mass is 406 g/mol. The molecule has 0 aliphatic rings. The Hall–Kier alpha value is -2.24. The molecule has 0 radical (unpaired) electrons. The van der Waals surface area contributed by atoms with E-state index in [1.54, 1.807) is 7.11 Å². The molecule has 6 heteroatoms. The lowest BCUT2D eigenvalue weighted by molar-refractivity contribution is -0.124. The normalized spacial score (nSPS) is 10.8. The first-order chi connectivity index (χ1) is 12.8. The van der Waals surface area contributed by atoms with Crippen molar-refractivity contribution < 1.29 is 14.3 Å². The molecule has 0 fully saturated rings. The summed E-state index contributed by atoms with van der Waals surface area (Å²) in [6.07, 6.45) is 0. The van der Waals surface area contributed by atoms with Crippen molar-refractivity contribution >= 4 is 18.3 Å². The van der Waals surface area contributed by atoms with Crippen molar-refractivity contribution in [2.24, 2.45) is 0 Å². The quantitative estimate of drug-likeness (QED) is 0.695. The highest BCUT2D eigenvalue weighted by Gasteiger charge is 2.15. The Morgan fingerprint density at radius 3 is 2.18 bits per heavy atom. The summed E-state index contributed by atoms with van der Waals surface area (Å²) in [5, 5.41) is 6.29.